The van der Waals surface area contributed by atoms with Crippen LogP contribution >= 0.6 is 0 Å². The van der Waals surface area contributed by atoms with E-state index in [0.29, 0.717) is 18.7 Å². The molecule has 8 nitrogen and oxygen atoms in total. The normalized spacial score (nSPS) is 13.6. The predicted octanol–water partition coefficient (Wildman–Crippen LogP) is 3.97. The number of carbonyl (C=O) groups is 2. The van der Waals surface area contributed by atoms with Crippen molar-refractivity contribution in [2.75, 3.05) is 7.11 Å². The molecule has 0 saturated heterocycles. The van der Waals surface area contributed by atoms with Crippen molar-refractivity contribution in [1.82, 2.24) is 16.0 Å². The van der Waals surface area contributed by atoms with Crippen molar-refractivity contribution in [1.29, 1.82) is 0 Å². The summed E-state index contributed by atoms with van der Waals surface area (Å²) in [6.07, 6.45) is -1.66. The highest BCUT2D eigenvalue weighted by molar-refractivity contribution is 5.83. The molecule has 0 spiro atoms. The lowest BCUT2D eigenvalue weighted by atomic mass is 9.94. The Balaban J connectivity index is 1.81. The topological polar surface area (TPSA) is 109 Å². The van der Waals surface area contributed by atoms with Crippen molar-refractivity contribution in [2.45, 2.75) is 64.1 Å². The number of ether oxygens (including phenoxy) is 2. The quantitative estimate of drug-likeness (QED) is 0.281. The van der Waals surface area contributed by atoms with Crippen LogP contribution in [0.3, 0.4) is 0 Å². The minimum absolute atomic E-state index is 0.0862. The lowest BCUT2D eigenvalue weighted by Crippen LogP contribution is -2.61. The molecule has 0 aromatic heterocycles. The molecule has 0 aliphatic heterocycles. The second-order valence-electron chi connectivity index (χ2n) is 10.4. The third-order valence-corrected chi connectivity index (χ3v) is 6.01. The van der Waals surface area contributed by atoms with Crippen LogP contribution < -0.4 is 20.7 Å². The molecule has 0 aliphatic rings. The molecule has 208 valence electrons. The smallest absolute Gasteiger partial charge is 0.407 e. The van der Waals surface area contributed by atoms with Gasteiger partial charge < -0.3 is 25.2 Å². The summed E-state index contributed by atoms with van der Waals surface area (Å²) in [5, 5.41) is 20.5. The van der Waals surface area contributed by atoms with Crippen LogP contribution in [0.25, 0.3) is 0 Å². The summed E-state index contributed by atoms with van der Waals surface area (Å²) in [5.41, 5.74) is 2.09. The Hall–Kier alpha value is -3.88. The minimum Gasteiger partial charge on any atom is -0.497 e. The van der Waals surface area contributed by atoms with Gasteiger partial charge in [0.2, 0.25) is 5.91 Å². The van der Waals surface area contributed by atoms with Crippen molar-refractivity contribution in [3.8, 4) is 5.75 Å². The third-order valence-electron chi connectivity index (χ3n) is 6.01. The number of hydrogen-bond donors (Lipinski definition) is 4. The van der Waals surface area contributed by atoms with Crippen molar-refractivity contribution < 1.29 is 24.2 Å². The zero-order valence-corrected chi connectivity index (χ0v) is 23.0. The number of amides is 2. The standard InChI is InChI=1S/C31H39N3O5/c1-31(2,3)34-29(36)27(32-20-24-16-11-17-25(18-24)38-4)28(35)26(19-22-12-7-5-8-13-22)33-30(37)39-21-23-14-9-6-10-15-23/h5-18,26-28,32,35H,19-21H2,1-4H3,(H,33,37)(H,34,36)/t26-,27?,28-/m0/s1. The molecule has 3 rings (SSSR count). The Morgan fingerprint density at radius 2 is 1.49 bits per heavy atom. The van der Waals surface area contributed by atoms with Crippen LogP contribution in [-0.2, 0) is 29.1 Å². The molecular weight excluding hydrogens is 494 g/mol. The van der Waals surface area contributed by atoms with E-state index < -0.39 is 29.8 Å². The Morgan fingerprint density at radius 3 is 2.10 bits per heavy atom. The molecule has 0 saturated carbocycles. The summed E-state index contributed by atoms with van der Waals surface area (Å²) in [4.78, 5) is 26.2. The predicted molar refractivity (Wildman–Crippen MR) is 151 cm³/mol. The average molecular weight is 534 g/mol. The number of hydrogen-bond acceptors (Lipinski definition) is 6. The summed E-state index contributed by atoms with van der Waals surface area (Å²) in [7, 11) is 1.59. The zero-order chi connectivity index (χ0) is 28.3. The van der Waals surface area contributed by atoms with Crippen molar-refractivity contribution in [3.63, 3.8) is 0 Å². The van der Waals surface area contributed by atoms with Crippen molar-refractivity contribution in [3.05, 3.63) is 102 Å². The lowest BCUT2D eigenvalue weighted by Gasteiger charge is -2.32. The van der Waals surface area contributed by atoms with E-state index in [4.69, 9.17) is 9.47 Å². The Morgan fingerprint density at radius 1 is 0.872 bits per heavy atom. The summed E-state index contributed by atoms with van der Waals surface area (Å²) in [5.74, 6) is 0.311. The summed E-state index contributed by atoms with van der Waals surface area (Å²) in [6.45, 7) is 6.00. The van der Waals surface area contributed by atoms with Crippen LogP contribution in [0.5, 0.6) is 5.75 Å². The van der Waals surface area contributed by atoms with Crippen LogP contribution in [0.2, 0.25) is 0 Å². The number of benzene rings is 3. The fourth-order valence-electron chi connectivity index (χ4n) is 4.10. The monoisotopic (exact) mass is 533 g/mol. The highest BCUT2D eigenvalue weighted by Crippen LogP contribution is 2.15. The van der Waals surface area contributed by atoms with Gasteiger partial charge in [0.15, 0.2) is 0 Å². The van der Waals surface area contributed by atoms with Gasteiger partial charge in [-0.25, -0.2) is 4.79 Å². The zero-order valence-electron chi connectivity index (χ0n) is 23.0. The molecule has 0 bridgehead atoms. The van der Waals surface area contributed by atoms with Crippen LogP contribution in [0.1, 0.15) is 37.5 Å². The van der Waals surface area contributed by atoms with Crippen molar-refractivity contribution >= 4 is 12.0 Å². The fourth-order valence-corrected chi connectivity index (χ4v) is 4.10. The first kappa shape index (κ1) is 29.7. The second-order valence-corrected chi connectivity index (χ2v) is 10.4. The van der Waals surface area contributed by atoms with Gasteiger partial charge in [-0.2, -0.15) is 0 Å². The number of aliphatic hydroxyl groups excluding tert-OH is 1. The number of carbonyl (C=O) groups excluding carboxylic acids is 2. The summed E-state index contributed by atoms with van der Waals surface area (Å²) in [6, 6.07) is 24.4. The number of alkyl carbamates (subject to hydrolysis) is 1. The molecule has 3 atom stereocenters. The number of aliphatic hydroxyl groups is 1. The SMILES string of the molecule is COc1cccc(CNC(C(=O)NC(C)(C)C)[C@@H](O)[C@H](Cc2ccccc2)NC(=O)OCc2ccccc2)c1. The van der Waals surface area contributed by atoms with E-state index in [9.17, 15) is 14.7 Å². The second kappa shape index (κ2) is 14.3. The first-order valence-corrected chi connectivity index (χ1v) is 13.0. The largest absolute Gasteiger partial charge is 0.497 e. The number of methoxy groups -OCH3 is 1. The van der Waals surface area contributed by atoms with Crippen molar-refractivity contribution in [2.24, 2.45) is 0 Å². The maximum absolute atomic E-state index is 13.4. The lowest BCUT2D eigenvalue weighted by molar-refractivity contribution is -0.128. The van der Waals surface area contributed by atoms with E-state index in [1.807, 2.05) is 106 Å². The van der Waals surface area contributed by atoms with E-state index in [2.05, 4.69) is 16.0 Å². The van der Waals surface area contributed by atoms with Crippen LogP contribution in [0.15, 0.2) is 84.9 Å². The van der Waals surface area contributed by atoms with Gasteiger partial charge in [0.25, 0.3) is 0 Å². The van der Waals surface area contributed by atoms with Crippen LogP contribution in [-0.4, -0.2) is 47.9 Å². The van der Waals surface area contributed by atoms with E-state index in [1.54, 1.807) is 7.11 Å². The van der Waals surface area contributed by atoms with Gasteiger partial charge in [-0.05, 0) is 56.0 Å². The molecule has 3 aromatic rings. The fraction of sp³-hybridized carbons (Fsp3) is 0.355. The van der Waals surface area contributed by atoms with E-state index >= 15 is 0 Å². The molecule has 0 heterocycles. The molecule has 1 unspecified atom stereocenters. The van der Waals surface area contributed by atoms with E-state index in [0.717, 1.165) is 16.7 Å². The van der Waals surface area contributed by atoms with Crippen LogP contribution in [0, 0.1) is 0 Å². The number of nitrogens with one attached hydrogen (secondary N) is 3. The third kappa shape index (κ3) is 10.1. The summed E-state index contributed by atoms with van der Waals surface area (Å²) < 4.78 is 10.7. The van der Waals surface area contributed by atoms with Crippen LogP contribution in [0.4, 0.5) is 4.79 Å². The molecule has 4 N–H and O–H groups in total. The van der Waals surface area contributed by atoms with Gasteiger partial charge >= 0.3 is 6.09 Å². The van der Waals surface area contributed by atoms with Gasteiger partial charge in [0.05, 0.1) is 19.3 Å². The first-order chi connectivity index (χ1) is 18.6. The van der Waals surface area contributed by atoms with E-state index in [-0.39, 0.29) is 12.5 Å². The van der Waals surface area contributed by atoms with Gasteiger partial charge in [0.1, 0.15) is 18.4 Å². The maximum atomic E-state index is 13.4. The molecular formula is C31H39N3O5. The average Bonchev–Trinajstić information content (AvgIpc) is 2.92. The molecule has 8 heteroatoms. The number of rotatable bonds is 12. The van der Waals surface area contributed by atoms with Gasteiger partial charge in [-0.1, -0.05) is 72.8 Å². The molecule has 2 amide bonds. The van der Waals surface area contributed by atoms with Gasteiger partial charge in [-0.15, -0.1) is 0 Å². The van der Waals surface area contributed by atoms with Gasteiger partial charge in [0, 0.05) is 12.1 Å². The highest BCUT2D eigenvalue weighted by atomic mass is 16.5. The molecule has 0 radical (unpaired) electrons. The Bertz CT molecular complexity index is 1180. The molecule has 39 heavy (non-hydrogen) atoms. The van der Waals surface area contributed by atoms with Gasteiger partial charge in [-0.3, -0.25) is 10.1 Å². The summed E-state index contributed by atoms with van der Waals surface area (Å²) >= 11 is 0. The molecule has 0 aliphatic carbocycles. The molecule has 0 fully saturated rings. The molecule has 3 aromatic carbocycles. The highest BCUT2D eigenvalue weighted by Gasteiger charge is 2.35. The Labute approximate surface area is 230 Å². The Kier molecular flexibility index (Phi) is 10.9. The minimum atomic E-state index is -1.28. The maximum Gasteiger partial charge on any atom is 0.407 e. The first-order valence-electron chi connectivity index (χ1n) is 13.0. The van der Waals surface area contributed by atoms with E-state index in [1.165, 1.54) is 0 Å².